The van der Waals surface area contributed by atoms with Gasteiger partial charge in [-0.05, 0) is 24.6 Å². The maximum atomic E-state index is 12.0. The van der Waals surface area contributed by atoms with Crippen molar-refractivity contribution in [2.24, 2.45) is 0 Å². The molecule has 0 spiro atoms. The van der Waals surface area contributed by atoms with E-state index in [4.69, 9.17) is 16.3 Å². The number of esters is 1. The molecule has 2 atom stereocenters. The number of halogens is 1. The highest BCUT2D eigenvalue weighted by atomic mass is 35.5. The number of benzene rings is 1. The summed E-state index contributed by atoms with van der Waals surface area (Å²) in [6.45, 7) is 3.54. The zero-order valence-corrected chi connectivity index (χ0v) is 14.5. The lowest BCUT2D eigenvalue weighted by molar-refractivity contribution is -0.167. The summed E-state index contributed by atoms with van der Waals surface area (Å²) in [5.74, 6) is -0.415. The third-order valence-corrected chi connectivity index (χ3v) is 4.29. The van der Waals surface area contributed by atoms with E-state index in [0.29, 0.717) is 5.02 Å². The molecular weight excluding hydrogens is 344 g/mol. The van der Waals surface area contributed by atoms with Gasteiger partial charge in [-0.1, -0.05) is 28.9 Å². The van der Waals surface area contributed by atoms with Gasteiger partial charge in [-0.25, -0.2) is 14.3 Å². The molecule has 0 aliphatic heterocycles. The van der Waals surface area contributed by atoms with Crippen molar-refractivity contribution in [3.8, 4) is 0 Å². The van der Waals surface area contributed by atoms with Crippen LogP contribution in [-0.2, 0) is 21.7 Å². The van der Waals surface area contributed by atoms with E-state index in [0.717, 1.165) is 5.56 Å². The summed E-state index contributed by atoms with van der Waals surface area (Å²) in [5.41, 5.74) is -0.303. The van der Waals surface area contributed by atoms with Crippen LogP contribution in [0.5, 0.6) is 0 Å². The summed E-state index contributed by atoms with van der Waals surface area (Å²) >= 11 is 6.03. The van der Waals surface area contributed by atoms with E-state index in [-0.39, 0.29) is 12.6 Å². The van der Waals surface area contributed by atoms with Crippen molar-refractivity contribution in [1.82, 2.24) is 29.8 Å². The number of carbonyl (C=O) groups is 1. The van der Waals surface area contributed by atoms with E-state index in [1.54, 1.807) is 40.2 Å². The number of hydrogen-bond acceptors (Lipinski definition) is 6. The maximum absolute atomic E-state index is 12.0. The normalized spacial score (nSPS) is 14.7. The Labute approximate surface area is 149 Å². The van der Waals surface area contributed by atoms with Crippen molar-refractivity contribution < 1.29 is 9.53 Å². The van der Waals surface area contributed by atoms with E-state index >= 15 is 0 Å². The molecule has 3 rings (SSSR count). The highest BCUT2D eigenvalue weighted by Gasteiger charge is 2.44. The van der Waals surface area contributed by atoms with Crippen molar-refractivity contribution >= 4 is 17.6 Å². The van der Waals surface area contributed by atoms with Crippen molar-refractivity contribution in [2.75, 3.05) is 0 Å². The van der Waals surface area contributed by atoms with E-state index in [1.165, 1.54) is 13.3 Å². The first-order chi connectivity index (χ1) is 12.0. The second kappa shape index (κ2) is 7.02. The van der Waals surface area contributed by atoms with Crippen molar-refractivity contribution in [1.29, 1.82) is 0 Å². The number of nitrogens with zero attached hydrogens (tertiary/aromatic N) is 6. The molecular formula is C16H17ClN6O2. The monoisotopic (exact) mass is 360 g/mol. The molecule has 9 heteroatoms. The second-order valence-corrected chi connectivity index (χ2v) is 6.08. The number of ether oxygens (including phenoxy) is 1. The second-order valence-electron chi connectivity index (χ2n) is 5.64. The lowest BCUT2D eigenvalue weighted by Crippen LogP contribution is -2.43. The Kier molecular flexibility index (Phi) is 4.80. The molecule has 3 aromatic rings. The Morgan fingerprint density at radius 2 is 2.12 bits per heavy atom. The molecule has 0 radical (unpaired) electrons. The number of rotatable bonds is 6. The molecule has 0 saturated carbocycles. The summed E-state index contributed by atoms with van der Waals surface area (Å²) in [4.78, 5) is 15.9. The fraction of sp³-hybridized carbons (Fsp3) is 0.312. The Bertz CT molecular complexity index is 819. The third kappa shape index (κ3) is 3.53. The van der Waals surface area contributed by atoms with E-state index in [1.807, 2.05) is 19.1 Å². The zero-order valence-electron chi connectivity index (χ0n) is 13.8. The topological polar surface area (TPSA) is 87.7 Å². The van der Waals surface area contributed by atoms with Gasteiger partial charge in [-0.2, -0.15) is 5.10 Å². The molecule has 0 saturated heterocycles. The largest absolute Gasteiger partial charge is 0.450 e. The molecule has 0 aliphatic carbocycles. The van der Waals surface area contributed by atoms with E-state index < -0.39 is 11.6 Å². The molecule has 1 aromatic carbocycles. The van der Waals surface area contributed by atoms with Gasteiger partial charge in [0.15, 0.2) is 5.60 Å². The SMILES string of the molecule is CC(=O)O[C@@](Cn1cncn1)(c1ccc(Cl)cc1)[C@@H](C)n1ccnn1. The minimum atomic E-state index is -1.07. The van der Waals surface area contributed by atoms with E-state index in [2.05, 4.69) is 20.4 Å². The fourth-order valence-corrected chi connectivity index (χ4v) is 2.95. The zero-order chi connectivity index (χ0) is 17.9. The molecule has 0 bridgehead atoms. The molecule has 0 unspecified atom stereocenters. The molecule has 130 valence electrons. The first kappa shape index (κ1) is 17.1. The van der Waals surface area contributed by atoms with Gasteiger partial charge in [0.25, 0.3) is 0 Å². The highest BCUT2D eigenvalue weighted by Crippen LogP contribution is 2.39. The van der Waals surface area contributed by atoms with Crippen molar-refractivity contribution in [3.05, 3.63) is 59.9 Å². The van der Waals surface area contributed by atoms with Crippen LogP contribution in [-0.4, -0.2) is 35.7 Å². The van der Waals surface area contributed by atoms with Gasteiger partial charge in [-0.3, -0.25) is 4.79 Å². The van der Waals surface area contributed by atoms with Crippen LogP contribution in [0.25, 0.3) is 0 Å². The minimum Gasteiger partial charge on any atom is -0.450 e. The molecule has 0 N–H and O–H groups in total. The highest BCUT2D eigenvalue weighted by molar-refractivity contribution is 6.30. The first-order valence-electron chi connectivity index (χ1n) is 7.65. The Hall–Kier alpha value is -2.74. The number of aromatic nitrogens is 6. The number of carbonyl (C=O) groups excluding carboxylic acids is 1. The summed E-state index contributed by atoms with van der Waals surface area (Å²) in [6, 6.07) is 6.81. The molecule has 2 heterocycles. The lowest BCUT2D eigenvalue weighted by Gasteiger charge is -2.38. The summed E-state index contributed by atoms with van der Waals surface area (Å²) < 4.78 is 9.13. The van der Waals surface area contributed by atoms with E-state index in [9.17, 15) is 4.79 Å². The van der Waals surface area contributed by atoms with Crippen LogP contribution >= 0.6 is 11.6 Å². The summed E-state index contributed by atoms with van der Waals surface area (Å²) in [6.07, 6.45) is 6.30. The Morgan fingerprint density at radius 1 is 1.36 bits per heavy atom. The van der Waals surface area contributed by atoms with Crippen LogP contribution in [0.3, 0.4) is 0 Å². The van der Waals surface area contributed by atoms with Gasteiger partial charge in [0.1, 0.15) is 12.7 Å². The summed E-state index contributed by atoms with van der Waals surface area (Å²) in [7, 11) is 0. The van der Waals surface area contributed by atoms with Gasteiger partial charge in [0, 0.05) is 18.1 Å². The van der Waals surface area contributed by atoms with Gasteiger partial charge in [-0.15, -0.1) is 5.10 Å². The van der Waals surface area contributed by atoms with Crippen molar-refractivity contribution in [3.63, 3.8) is 0 Å². The van der Waals surface area contributed by atoms with Gasteiger partial charge < -0.3 is 4.74 Å². The average Bonchev–Trinajstić information content (AvgIpc) is 3.27. The minimum absolute atomic E-state index is 0.259. The predicted molar refractivity (Wildman–Crippen MR) is 89.7 cm³/mol. The molecule has 0 fully saturated rings. The molecule has 2 aromatic heterocycles. The van der Waals surface area contributed by atoms with Crippen molar-refractivity contribution in [2.45, 2.75) is 32.0 Å². The lowest BCUT2D eigenvalue weighted by atomic mass is 9.86. The van der Waals surface area contributed by atoms with Gasteiger partial charge in [0.05, 0.1) is 18.8 Å². The first-order valence-corrected chi connectivity index (χ1v) is 8.03. The van der Waals surface area contributed by atoms with Crippen LogP contribution in [0.15, 0.2) is 49.3 Å². The van der Waals surface area contributed by atoms with Crippen LogP contribution in [0, 0.1) is 0 Å². The van der Waals surface area contributed by atoms with Crippen LogP contribution in [0.4, 0.5) is 0 Å². The predicted octanol–water partition coefficient (Wildman–Crippen LogP) is 2.24. The summed E-state index contributed by atoms with van der Waals surface area (Å²) in [5, 5.41) is 12.7. The van der Waals surface area contributed by atoms with Crippen LogP contribution < -0.4 is 0 Å². The molecule has 0 aliphatic rings. The fourth-order valence-electron chi connectivity index (χ4n) is 2.82. The smallest absolute Gasteiger partial charge is 0.303 e. The van der Waals surface area contributed by atoms with Crippen LogP contribution in [0.1, 0.15) is 25.5 Å². The number of hydrogen-bond donors (Lipinski definition) is 0. The van der Waals surface area contributed by atoms with Gasteiger partial charge >= 0.3 is 5.97 Å². The van der Waals surface area contributed by atoms with Crippen LogP contribution in [0.2, 0.25) is 5.02 Å². The Balaban J connectivity index is 2.14. The molecule has 0 amide bonds. The third-order valence-electron chi connectivity index (χ3n) is 4.03. The standard InChI is InChI=1S/C16H17ClN6O2/c1-12(23-8-7-19-21-23)16(25-13(2)24,9-22-11-18-10-20-22)14-3-5-15(17)6-4-14/h3-8,10-12H,9H2,1-2H3/t12-,16-/m1/s1. The quantitative estimate of drug-likeness (QED) is 0.626. The molecule has 8 nitrogen and oxygen atoms in total. The Morgan fingerprint density at radius 3 is 2.68 bits per heavy atom. The average molecular weight is 361 g/mol. The maximum Gasteiger partial charge on any atom is 0.303 e. The molecule has 25 heavy (non-hydrogen) atoms. The van der Waals surface area contributed by atoms with Gasteiger partial charge in [0.2, 0.25) is 0 Å².